The van der Waals surface area contributed by atoms with Crippen LogP contribution in [0.25, 0.3) is 6.08 Å². The van der Waals surface area contributed by atoms with Crippen LogP contribution < -0.4 is 10.6 Å². The van der Waals surface area contributed by atoms with Gasteiger partial charge in [0.15, 0.2) is 5.13 Å². The van der Waals surface area contributed by atoms with Crippen LogP contribution >= 0.6 is 11.3 Å². The molecule has 2 N–H and O–H groups in total. The summed E-state index contributed by atoms with van der Waals surface area (Å²) in [5.41, 5.74) is 0. The van der Waals surface area contributed by atoms with Gasteiger partial charge >= 0.3 is 0 Å². The Bertz CT molecular complexity index is 617. The van der Waals surface area contributed by atoms with Crippen molar-refractivity contribution in [3.8, 4) is 0 Å². The fourth-order valence-electron chi connectivity index (χ4n) is 1.35. The molecule has 0 aliphatic rings. The summed E-state index contributed by atoms with van der Waals surface area (Å²) in [5, 5.41) is 5.59. The van der Waals surface area contributed by atoms with Crippen molar-refractivity contribution >= 4 is 34.4 Å². The number of carbonyl (C=O) groups excluding carboxylic acids is 2. The van der Waals surface area contributed by atoms with E-state index in [-0.39, 0.29) is 18.4 Å². The zero-order chi connectivity index (χ0) is 14.4. The second kappa shape index (κ2) is 6.67. The molecule has 0 bridgehead atoms. The van der Waals surface area contributed by atoms with E-state index in [2.05, 4.69) is 15.6 Å². The maximum absolute atomic E-state index is 11.6. The van der Waals surface area contributed by atoms with E-state index in [4.69, 9.17) is 4.42 Å². The first kappa shape index (κ1) is 14.0. The Morgan fingerprint density at radius 3 is 3.00 bits per heavy atom. The number of anilines is 1. The quantitative estimate of drug-likeness (QED) is 0.823. The molecule has 2 aromatic rings. The molecule has 0 fully saturated rings. The number of furan rings is 1. The van der Waals surface area contributed by atoms with Crippen molar-refractivity contribution in [1.82, 2.24) is 10.3 Å². The molecule has 0 aliphatic carbocycles. The molecular weight excluding hydrogens is 278 g/mol. The van der Waals surface area contributed by atoms with Crippen molar-refractivity contribution in [2.75, 3.05) is 11.9 Å². The number of hydrogen-bond acceptors (Lipinski definition) is 5. The Morgan fingerprint density at radius 2 is 2.35 bits per heavy atom. The Labute approximate surface area is 119 Å². The van der Waals surface area contributed by atoms with Gasteiger partial charge in [-0.25, -0.2) is 4.98 Å². The molecule has 0 saturated heterocycles. The minimum Gasteiger partial charge on any atom is -0.465 e. The molecule has 104 valence electrons. The second-order valence-corrected chi connectivity index (χ2v) is 5.13. The van der Waals surface area contributed by atoms with Gasteiger partial charge < -0.3 is 15.1 Å². The summed E-state index contributed by atoms with van der Waals surface area (Å²) < 4.78 is 5.04. The minimum absolute atomic E-state index is 0.111. The number of thiazole rings is 1. The van der Waals surface area contributed by atoms with E-state index in [0.29, 0.717) is 10.9 Å². The van der Waals surface area contributed by atoms with Crippen LogP contribution in [0.5, 0.6) is 0 Å². The fourth-order valence-corrected chi connectivity index (χ4v) is 2.03. The average molecular weight is 291 g/mol. The lowest BCUT2D eigenvalue weighted by Gasteiger charge is -2.02. The summed E-state index contributed by atoms with van der Waals surface area (Å²) in [6.07, 6.45) is 6.02. The zero-order valence-corrected chi connectivity index (χ0v) is 11.6. The van der Waals surface area contributed by atoms with Crippen molar-refractivity contribution < 1.29 is 14.0 Å². The molecule has 2 rings (SSSR count). The molecule has 0 atom stereocenters. The smallest absolute Gasteiger partial charge is 0.245 e. The van der Waals surface area contributed by atoms with Gasteiger partial charge in [0.1, 0.15) is 5.76 Å². The van der Waals surface area contributed by atoms with E-state index in [1.165, 1.54) is 29.8 Å². The lowest BCUT2D eigenvalue weighted by atomic mass is 10.4. The summed E-state index contributed by atoms with van der Waals surface area (Å²) >= 11 is 1.38. The van der Waals surface area contributed by atoms with E-state index in [9.17, 15) is 9.59 Å². The zero-order valence-electron chi connectivity index (χ0n) is 10.8. The van der Waals surface area contributed by atoms with Crippen LogP contribution in [-0.4, -0.2) is 23.3 Å². The van der Waals surface area contributed by atoms with E-state index in [1.54, 1.807) is 18.3 Å². The van der Waals surface area contributed by atoms with Crippen LogP contribution in [-0.2, 0) is 9.59 Å². The van der Waals surface area contributed by atoms with E-state index in [0.717, 1.165) is 4.88 Å². The maximum atomic E-state index is 11.6. The SMILES string of the molecule is Cc1cnc(NC(=O)CNC(=O)/C=C/c2ccco2)s1. The van der Waals surface area contributed by atoms with Crippen molar-refractivity contribution in [2.24, 2.45) is 0 Å². The van der Waals surface area contributed by atoms with Crippen LogP contribution in [0.2, 0.25) is 0 Å². The van der Waals surface area contributed by atoms with Gasteiger partial charge in [0.2, 0.25) is 11.8 Å². The normalized spacial score (nSPS) is 10.7. The molecule has 20 heavy (non-hydrogen) atoms. The van der Waals surface area contributed by atoms with E-state index >= 15 is 0 Å². The first-order chi connectivity index (χ1) is 9.63. The van der Waals surface area contributed by atoms with Gasteiger partial charge in [-0.15, -0.1) is 11.3 Å². The van der Waals surface area contributed by atoms with E-state index < -0.39 is 0 Å². The lowest BCUT2D eigenvalue weighted by Crippen LogP contribution is -2.31. The number of nitrogens with zero attached hydrogens (tertiary/aromatic N) is 1. The third-order valence-electron chi connectivity index (χ3n) is 2.23. The van der Waals surface area contributed by atoms with Gasteiger partial charge in [-0.1, -0.05) is 0 Å². The van der Waals surface area contributed by atoms with Gasteiger partial charge in [-0.2, -0.15) is 0 Å². The second-order valence-electron chi connectivity index (χ2n) is 3.89. The Morgan fingerprint density at radius 1 is 1.50 bits per heavy atom. The predicted molar refractivity (Wildman–Crippen MR) is 76.2 cm³/mol. The number of nitrogens with one attached hydrogen (secondary N) is 2. The highest BCUT2D eigenvalue weighted by molar-refractivity contribution is 7.15. The third-order valence-corrected chi connectivity index (χ3v) is 3.06. The Kier molecular flexibility index (Phi) is 4.67. The van der Waals surface area contributed by atoms with Crippen LogP contribution in [0.4, 0.5) is 5.13 Å². The summed E-state index contributed by atoms with van der Waals surface area (Å²) in [4.78, 5) is 28.0. The summed E-state index contributed by atoms with van der Waals surface area (Å²) in [7, 11) is 0. The number of aryl methyl sites for hydroxylation is 1. The van der Waals surface area contributed by atoms with Crippen molar-refractivity contribution in [1.29, 1.82) is 0 Å². The topological polar surface area (TPSA) is 84.2 Å². The van der Waals surface area contributed by atoms with Crippen molar-refractivity contribution in [3.05, 3.63) is 41.3 Å². The molecular formula is C13H13N3O3S. The summed E-state index contributed by atoms with van der Waals surface area (Å²) in [6.45, 7) is 1.79. The first-order valence-electron chi connectivity index (χ1n) is 5.85. The van der Waals surface area contributed by atoms with Gasteiger partial charge in [-0.05, 0) is 25.1 Å². The summed E-state index contributed by atoms with van der Waals surface area (Å²) in [5.74, 6) is -0.117. The lowest BCUT2D eigenvalue weighted by molar-refractivity contribution is -0.121. The molecule has 0 radical (unpaired) electrons. The molecule has 0 unspecified atom stereocenters. The molecule has 2 aromatic heterocycles. The van der Waals surface area contributed by atoms with E-state index in [1.807, 2.05) is 6.92 Å². The first-order valence-corrected chi connectivity index (χ1v) is 6.67. The molecule has 2 amide bonds. The fraction of sp³-hybridized carbons (Fsp3) is 0.154. The molecule has 0 aliphatic heterocycles. The van der Waals surface area contributed by atoms with Gasteiger partial charge in [0, 0.05) is 17.2 Å². The molecule has 0 spiro atoms. The molecule has 0 saturated carbocycles. The largest absolute Gasteiger partial charge is 0.465 e. The number of carbonyl (C=O) groups is 2. The number of rotatable bonds is 5. The van der Waals surface area contributed by atoms with Crippen molar-refractivity contribution in [2.45, 2.75) is 6.92 Å². The molecule has 2 heterocycles. The predicted octanol–water partition coefficient (Wildman–Crippen LogP) is 1.81. The molecule has 6 nitrogen and oxygen atoms in total. The highest BCUT2D eigenvalue weighted by Gasteiger charge is 2.06. The number of amides is 2. The Hall–Kier alpha value is -2.41. The van der Waals surface area contributed by atoms with Gasteiger partial charge in [-0.3, -0.25) is 9.59 Å². The maximum Gasteiger partial charge on any atom is 0.245 e. The number of hydrogen-bond donors (Lipinski definition) is 2. The van der Waals surface area contributed by atoms with Crippen LogP contribution in [0.3, 0.4) is 0 Å². The standard InChI is InChI=1S/C13H13N3O3S/c1-9-7-15-13(20-9)16-12(18)8-14-11(17)5-4-10-3-2-6-19-10/h2-7H,8H2,1H3,(H,14,17)(H,15,16,18)/b5-4+. The van der Waals surface area contributed by atoms with Gasteiger partial charge in [0.25, 0.3) is 0 Å². The molecule has 7 heteroatoms. The monoisotopic (exact) mass is 291 g/mol. The average Bonchev–Trinajstić information content (AvgIpc) is 3.06. The minimum atomic E-state index is -0.369. The highest BCUT2D eigenvalue weighted by atomic mass is 32.1. The van der Waals surface area contributed by atoms with Crippen LogP contribution in [0.1, 0.15) is 10.6 Å². The van der Waals surface area contributed by atoms with Crippen molar-refractivity contribution in [3.63, 3.8) is 0 Å². The Balaban J connectivity index is 1.74. The summed E-state index contributed by atoms with van der Waals surface area (Å²) in [6, 6.07) is 3.45. The van der Waals surface area contributed by atoms with Crippen LogP contribution in [0, 0.1) is 6.92 Å². The van der Waals surface area contributed by atoms with Crippen LogP contribution in [0.15, 0.2) is 35.1 Å². The third kappa shape index (κ3) is 4.36. The van der Waals surface area contributed by atoms with Gasteiger partial charge in [0.05, 0.1) is 12.8 Å². The number of aromatic nitrogens is 1. The highest BCUT2D eigenvalue weighted by Crippen LogP contribution is 2.15. The molecule has 0 aromatic carbocycles.